The van der Waals surface area contributed by atoms with Crippen molar-refractivity contribution in [3.63, 3.8) is 0 Å². The molecule has 0 fully saturated rings. The summed E-state index contributed by atoms with van der Waals surface area (Å²) >= 11 is 0. The van der Waals surface area contributed by atoms with Gasteiger partial charge >= 0.3 is 0 Å². The van der Waals surface area contributed by atoms with Gasteiger partial charge in [0.2, 0.25) is 17.8 Å². The van der Waals surface area contributed by atoms with Crippen LogP contribution in [0.3, 0.4) is 0 Å². The second-order valence-corrected chi connectivity index (χ2v) is 8.10. The second kappa shape index (κ2) is 10.1. The van der Waals surface area contributed by atoms with E-state index in [1.54, 1.807) is 6.92 Å². The number of nitrogens with two attached hydrogens (primary N) is 2. The van der Waals surface area contributed by atoms with Crippen molar-refractivity contribution in [2.75, 3.05) is 6.54 Å². The molecule has 7 N–H and O–H groups in total. The number of benzene rings is 2. The maximum atomic E-state index is 13.4. The van der Waals surface area contributed by atoms with Crippen molar-refractivity contribution >= 4 is 39.6 Å². The van der Waals surface area contributed by atoms with Crippen LogP contribution in [0.4, 0.5) is 0 Å². The summed E-state index contributed by atoms with van der Waals surface area (Å²) in [7, 11) is 0. The lowest BCUT2D eigenvalue weighted by Crippen LogP contribution is -2.50. The predicted octanol–water partition coefficient (Wildman–Crippen LogP) is 2.35. The molecule has 0 saturated heterocycles. The molecule has 0 aliphatic carbocycles. The summed E-state index contributed by atoms with van der Waals surface area (Å²) in [6.45, 7) is 2.11. The average molecular weight is 460 g/mol. The first-order valence-corrected chi connectivity index (χ1v) is 11.3. The number of nitrogens with zero attached hydrogens (tertiary/aromatic N) is 2. The molecule has 2 amide bonds. The van der Waals surface area contributed by atoms with Crippen LogP contribution in [-0.2, 0) is 22.4 Å². The Hall–Kier alpha value is -4.27. The lowest BCUT2D eigenvalue weighted by atomic mass is 10.0. The summed E-state index contributed by atoms with van der Waals surface area (Å²) in [6, 6.07) is 14.9. The van der Waals surface area contributed by atoms with Gasteiger partial charge in [-0.15, -0.1) is 5.10 Å². The van der Waals surface area contributed by atoms with Crippen molar-refractivity contribution in [2.24, 2.45) is 16.6 Å². The second-order valence-electron chi connectivity index (χ2n) is 8.10. The fourth-order valence-electron chi connectivity index (χ4n) is 4.16. The molecular formula is C25H29N7O2. The highest BCUT2D eigenvalue weighted by molar-refractivity contribution is 5.90. The Labute approximate surface area is 197 Å². The molecule has 4 rings (SSSR count). The Kier molecular flexibility index (Phi) is 6.82. The van der Waals surface area contributed by atoms with Gasteiger partial charge in [-0.05, 0) is 29.7 Å². The number of hydrogen-bond acceptors (Lipinski definition) is 3. The van der Waals surface area contributed by atoms with Gasteiger partial charge in [-0.25, -0.2) is 5.01 Å². The van der Waals surface area contributed by atoms with E-state index in [0.29, 0.717) is 13.0 Å². The summed E-state index contributed by atoms with van der Waals surface area (Å²) in [5.74, 6) is -0.945. The van der Waals surface area contributed by atoms with E-state index in [1.165, 1.54) is 0 Å². The Morgan fingerprint density at radius 3 is 2.18 bits per heavy atom. The van der Waals surface area contributed by atoms with Crippen LogP contribution in [0, 0.1) is 0 Å². The minimum atomic E-state index is -0.906. The van der Waals surface area contributed by atoms with E-state index in [9.17, 15) is 9.59 Å². The fraction of sp³-hybridized carbons (Fsp3) is 0.240. The minimum absolute atomic E-state index is 0.157. The molecule has 0 spiro atoms. The Morgan fingerprint density at radius 2 is 1.56 bits per heavy atom. The molecule has 1 unspecified atom stereocenters. The SMILES string of the molecule is CCC(=O)N(N=C(N)N)C(Cc1c[nH]c2ccccc12)C(=O)NCCc1c[nH]c2ccccc12. The normalized spacial score (nSPS) is 11.9. The number of H-pyrrole nitrogens is 2. The van der Waals surface area contributed by atoms with Crippen molar-refractivity contribution in [1.82, 2.24) is 20.3 Å². The number of carbonyl (C=O) groups excluding carboxylic acids is 2. The smallest absolute Gasteiger partial charge is 0.245 e. The monoisotopic (exact) mass is 459 g/mol. The van der Waals surface area contributed by atoms with E-state index in [-0.39, 0.29) is 30.6 Å². The van der Waals surface area contributed by atoms with Gasteiger partial charge in [-0.1, -0.05) is 43.3 Å². The van der Waals surface area contributed by atoms with Crippen LogP contribution in [0.25, 0.3) is 21.8 Å². The van der Waals surface area contributed by atoms with E-state index >= 15 is 0 Å². The van der Waals surface area contributed by atoms with E-state index < -0.39 is 6.04 Å². The van der Waals surface area contributed by atoms with Crippen molar-refractivity contribution in [1.29, 1.82) is 0 Å². The number of aromatic nitrogens is 2. The van der Waals surface area contributed by atoms with E-state index in [4.69, 9.17) is 11.5 Å². The van der Waals surface area contributed by atoms with Crippen LogP contribution in [-0.4, -0.2) is 45.3 Å². The standard InChI is InChI=1S/C25H29N7O2/c1-2-23(33)32(31-25(26)27)22(13-17-15-30-21-10-6-4-8-19(17)21)24(34)28-12-11-16-14-29-20-9-5-3-7-18(16)20/h3-10,14-15,22,29-30H,2,11-13H2,1H3,(H,28,34)(H4,26,27,31). The molecule has 0 saturated carbocycles. The third-order valence-corrected chi connectivity index (χ3v) is 5.84. The zero-order valence-corrected chi connectivity index (χ0v) is 19.0. The molecule has 4 aromatic rings. The summed E-state index contributed by atoms with van der Waals surface area (Å²) in [5, 5.41) is 10.2. The zero-order chi connectivity index (χ0) is 24.1. The number of carbonyl (C=O) groups is 2. The molecule has 2 heterocycles. The number of para-hydroxylation sites is 2. The van der Waals surface area contributed by atoms with Crippen molar-refractivity contribution in [3.05, 3.63) is 72.1 Å². The molecule has 0 radical (unpaired) electrons. The van der Waals surface area contributed by atoms with Crippen LogP contribution in [0.5, 0.6) is 0 Å². The first-order valence-electron chi connectivity index (χ1n) is 11.3. The molecule has 0 aliphatic rings. The van der Waals surface area contributed by atoms with Gasteiger partial charge in [0.25, 0.3) is 0 Å². The Bertz CT molecular complexity index is 1330. The van der Waals surface area contributed by atoms with Crippen molar-refractivity contribution in [3.8, 4) is 0 Å². The molecular weight excluding hydrogens is 430 g/mol. The van der Waals surface area contributed by atoms with Crippen LogP contribution in [0.15, 0.2) is 66.0 Å². The number of fused-ring (bicyclic) bond motifs is 2. The number of rotatable bonds is 9. The van der Waals surface area contributed by atoms with Gasteiger partial charge in [-0.2, -0.15) is 0 Å². The number of guanidine groups is 1. The Balaban J connectivity index is 1.56. The van der Waals surface area contributed by atoms with Gasteiger partial charge in [-0.3, -0.25) is 9.59 Å². The quantitative estimate of drug-likeness (QED) is 0.149. The van der Waals surface area contributed by atoms with Gasteiger partial charge in [0, 0.05) is 53.6 Å². The minimum Gasteiger partial charge on any atom is -0.369 e. The molecule has 34 heavy (non-hydrogen) atoms. The molecule has 176 valence electrons. The molecule has 9 nitrogen and oxygen atoms in total. The van der Waals surface area contributed by atoms with Gasteiger partial charge in [0.1, 0.15) is 6.04 Å². The molecule has 0 aliphatic heterocycles. The third-order valence-electron chi connectivity index (χ3n) is 5.84. The highest BCUT2D eigenvalue weighted by atomic mass is 16.2. The largest absolute Gasteiger partial charge is 0.369 e. The van der Waals surface area contributed by atoms with Crippen LogP contribution < -0.4 is 16.8 Å². The molecule has 9 heteroatoms. The number of aromatic amines is 2. The van der Waals surface area contributed by atoms with Gasteiger partial charge in [0.15, 0.2) is 0 Å². The average Bonchev–Trinajstić information content (AvgIpc) is 3.45. The zero-order valence-electron chi connectivity index (χ0n) is 19.0. The van der Waals surface area contributed by atoms with E-state index in [2.05, 4.69) is 20.4 Å². The maximum Gasteiger partial charge on any atom is 0.245 e. The van der Waals surface area contributed by atoms with Gasteiger partial charge < -0.3 is 26.8 Å². The lowest BCUT2D eigenvalue weighted by molar-refractivity contribution is -0.140. The first kappa shape index (κ1) is 22.9. The van der Waals surface area contributed by atoms with E-state index in [1.807, 2.05) is 60.9 Å². The summed E-state index contributed by atoms with van der Waals surface area (Å²) < 4.78 is 0. The summed E-state index contributed by atoms with van der Waals surface area (Å²) in [4.78, 5) is 32.5. The maximum absolute atomic E-state index is 13.4. The topological polar surface area (TPSA) is 145 Å². The third kappa shape index (κ3) is 4.88. The van der Waals surface area contributed by atoms with E-state index in [0.717, 1.165) is 37.9 Å². The van der Waals surface area contributed by atoms with Crippen molar-refractivity contribution < 1.29 is 9.59 Å². The number of hydrogen-bond donors (Lipinski definition) is 5. The Morgan fingerprint density at radius 1 is 0.971 bits per heavy atom. The lowest BCUT2D eigenvalue weighted by Gasteiger charge is -2.26. The molecule has 2 aromatic carbocycles. The highest BCUT2D eigenvalue weighted by Crippen LogP contribution is 2.22. The summed E-state index contributed by atoms with van der Waals surface area (Å²) in [5.41, 5.74) is 15.2. The predicted molar refractivity (Wildman–Crippen MR) is 134 cm³/mol. The van der Waals surface area contributed by atoms with Gasteiger partial charge in [0.05, 0.1) is 0 Å². The number of amides is 2. The van der Waals surface area contributed by atoms with Crippen molar-refractivity contribution in [2.45, 2.75) is 32.2 Å². The highest BCUT2D eigenvalue weighted by Gasteiger charge is 2.30. The molecule has 1 atom stereocenters. The van der Waals surface area contributed by atoms with Crippen LogP contribution >= 0.6 is 0 Å². The molecule has 2 aromatic heterocycles. The fourth-order valence-corrected chi connectivity index (χ4v) is 4.16. The number of nitrogens with one attached hydrogen (secondary N) is 3. The van der Waals surface area contributed by atoms with Crippen LogP contribution in [0.1, 0.15) is 24.5 Å². The summed E-state index contributed by atoms with van der Waals surface area (Å²) in [6.07, 6.45) is 4.85. The van der Waals surface area contributed by atoms with Crippen LogP contribution in [0.2, 0.25) is 0 Å². The number of hydrazone groups is 1. The molecule has 0 bridgehead atoms. The first-order chi connectivity index (χ1) is 16.5.